The van der Waals surface area contributed by atoms with E-state index in [-0.39, 0.29) is 12.2 Å². The van der Waals surface area contributed by atoms with Gasteiger partial charge in [-0.2, -0.15) is 0 Å². The minimum absolute atomic E-state index is 0.140. The van der Waals surface area contributed by atoms with Crippen LogP contribution >= 0.6 is 0 Å². The van der Waals surface area contributed by atoms with E-state index in [1.54, 1.807) is 0 Å². The summed E-state index contributed by atoms with van der Waals surface area (Å²) >= 11 is 0. The second-order valence-electron chi connectivity index (χ2n) is 6.27. The first-order valence-electron chi connectivity index (χ1n) is 8.37. The SMILES string of the molecule is C=CC(CCCC)(OC(C=C)(CCCC)C1CO1)C1CO1. The molecule has 2 heterocycles. The normalized spacial score (nSPS) is 29.2. The molecule has 2 aliphatic heterocycles. The lowest BCUT2D eigenvalue weighted by Gasteiger charge is -2.40. The quantitative estimate of drug-likeness (QED) is 0.402. The van der Waals surface area contributed by atoms with E-state index in [4.69, 9.17) is 14.2 Å². The molecular formula is C18H30O3. The molecule has 3 nitrogen and oxygen atoms in total. The van der Waals surface area contributed by atoms with Crippen LogP contribution in [-0.2, 0) is 14.2 Å². The molecular weight excluding hydrogens is 264 g/mol. The van der Waals surface area contributed by atoms with Gasteiger partial charge in [0.1, 0.15) is 23.4 Å². The highest BCUT2D eigenvalue weighted by Gasteiger charge is 2.54. The third kappa shape index (κ3) is 3.77. The highest BCUT2D eigenvalue weighted by atomic mass is 16.6. The molecule has 0 saturated carbocycles. The van der Waals surface area contributed by atoms with Crippen molar-refractivity contribution >= 4 is 0 Å². The maximum absolute atomic E-state index is 6.69. The van der Waals surface area contributed by atoms with Gasteiger partial charge in [0, 0.05) is 0 Å². The molecule has 2 saturated heterocycles. The fourth-order valence-electron chi connectivity index (χ4n) is 3.03. The Balaban J connectivity index is 2.17. The number of ether oxygens (including phenoxy) is 3. The number of hydrogen-bond acceptors (Lipinski definition) is 3. The summed E-state index contributed by atoms with van der Waals surface area (Å²) in [7, 11) is 0. The monoisotopic (exact) mass is 294 g/mol. The summed E-state index contributed by atoms with van der Waals surface area (Å²) in [6, 6.07) is 0. The molecule has 0 aliphatic carbocycles. The lowest BCUT2D eigenvalue weighted by atomic mass is 9.87. The van der Waals surface area contributed by atoms with Crippen LogP contribution in [0.2, 0.25) is 0 Å². The molecule has 3 heteroatoms. The zero-order valence-electron chi connectivity index (χ0n) is 13.6. The molecule has 0 amide bonds. The van der Waals surface area contributed by atoms with Gasteiger partial charge >= 0.3 is 0 Å². The summed E-state index contributed by atoms with van der Waals surface area (Å²) in [5.41, 5.74) is -0.798. The van der Waals surface area contributed by atoms with Crippen LogP contribution in [0, 0.1) is 0 Å². The van der Waals surface area contributed by atoms with E-state index in [0.29, 0.717) is 0 Å². The molecule has 0 spiro atoms. The van der Waals surface area contributed by atoms with Crippen LogP contribution < -0.4 is 0 Å². The standard InChI is InChI=1S/C18H30O3/c1-5-9-11-17(7-3,15-13-19-15)21-18(8-4,12-10-6-2)16-14-20-16/h7-8,15-16H,3-6,9-14H2,1-2H3. The van der Waals surface area contributed by atoms with Crippen molar-refractivity contribution in [2.24, 2.45) is 0 Å². The second-order valence-corrected chi connectivity index (χ2v) is 6.27. The first-order chi connectivity index (χ1) is 10.2. The Labute approximate surface area is 129 Å². The number of epoxide rings is 2. The maximum Gasteiger partial charge on any atom is 0.116 e. The van der Waals surface area contributed by atoms with Gasteiger partial charge in [0.05, 0.1) is 13.2 Å². The van der Waals surface area contributed by atoms with Crippen LogP contribution in [0.15, 0.2) is 25.3 Å². The van der Waals surface area contributed by atoms with Crippen LogP contribution in [0.5, 0.6) is 0 Å². The van der Waals surface area contributed by atoms with Crippen molar-refractivity contribution in [1.82, 2.24) is 0 Å². The molecule has 21 heavy (non-hydrogen) atoms. The average Bonchev–Trinajstić information content (AvgIpc) is 3.38. The summed E-state index contributed by atoms with van der Waals surface area (Å²) in [6.45, 7) is 14.0. The third-order valence-corrected chi connectivity index (χ3v) is 4.67. The van der Waals surface area contributed by atoms with Gasteiger partial charge in [-0.05, 0) is 12.8 Å². The Morgan fingerprint density at radius 1 is 0.952 bits per heavy atom. The first kappa shape index (κ1) is 16.7. The van der Waals surface area contributed by atoms with Crippen molar-refractivity contribution in [2.45, 2.75) is 75.8 Å². The zero-order valence-corrected chi connectivity index (χ0v) is 13.6. The van der Waals surface area contributed by atoms with E-state index < -0.39 is 11.2 Å². The van der Waals surface area contributed by atoms with Crippen molar-refractivity contribution in [1.29, 1.82) is 0 Å². The van der Waals surface area contributed by atoms with Gasteiger partial charge in [0.15, 0.2) is 0 Å². The molecule has 4 unspecified atom stereocenters. The van der Waals surface area contributed by atoms with Gasteiger partial charge in [0.25, 0.3) is 0 Å². The fraction of sp³-hybridized carbons (Fsp3) is 0.778. The summed E-state index contributed by atoms with van der Waals surface area (Å²) in [5, 5.41) is 0. The molecule has 0 aromatic heterocycles. The summed E-state index contributed by atoms with van der Waals surface area (Å²) in [6.07, 6.45) is 10.6. The molecule has 0 aromatic carbocycles. The number of rotatable bonds is 12. The van der Waals surface area contributed by atoms with Crippen molar-refractivity contribution in [3.63, 3.8) is 0 Å². The third-order valence-electron chi connectivity index (χ3n) is 4.67. The van der Waals surface area contributed by atoms with Gasteiger partial charge in [-0.25, -0.2) is 0 Å². The Kier molecular flexibility index (Phi) is 5.64. The minimum atomic E-state index is -0.399. The lowest BCUT2D eigenvalue weighted by molar-refractivity contribution is -0.137. The largest absolute Gasteiger partial charge is 0.370 e. The average molecular weight is 294 g/mol. The van der Waals surface area contributed by atoms with Gasteiger partial charge in [-0.1, -0.05) is 51.7 Å². The first-order valence-corrected chi connectivity index (χ1v) is 8.37. The summed E-state index contributed by atoms with van der Waals surface area (Å²) in [4.78, 5) is 0. The van der Waals surface area contributed by atoms with E-state index >= 15 is 0 Å². The van der Waals surface area contributed by atoms with Crippen molar-refractivity contribution in [2.75, 3.05) is 13.2 Å². The van der Waals surface area contributed by atoms with E-state index in [1.807, 2.05) is 12.2 Å². The van der Waals surface area contributed by atoms with E-state index in [0.717, 1.165) is 51.7 Å². The fourth-order valence-corrected chi connectivity index (χ4v) is 3.03. The van der Waals surface area contributed by atoms with Gasteiger partial charge in [-0.15, -0.1) is 13.2 Å². The molecule has 2 fully saturated rings. The molecule has 0 N–H and O–H groups in total. The van der Waals surface area contributed by atoms with E-state index in [2.05, 4.69) is 27.0 Å². The van der Waals surface area contributed by atoms with E-state index in [9.17, 15) is 0 Å². The zero-order chi connectivity index (χ0) is 15.3. The minimum Gasteiger partial charge on any atom is -0.370 e. The number of unbranched alkanes of at least 4 members (excludes halogenated alkanes) is 2. The van der Waals surface area contributed by atoms with Gasteiger partial charge in [0.2, 0.25) is 0 Å². The molecule has 4 atom stereocenters. The van der Waals surface area contributed by atoms with Crippen LogP contribution in [0.1, 0.15) is 52.4 Å². The van der Waals surface area contributed by atoms with Crippen LogP contribution in [0.4, 0.5) is 0 Å². The Bertz CT molecular complexity index is 325. The predicted octanol–water partition coefficient (Wildman–Crippen LogP) is 4.03. The molecule has 0 radical (unpaired) electrons. The van der Waals surface area contributed by atoms with Crippen LogP contribution in [-0.4, -0.2) is 36.6 Å². The van der Waals surface area contributed by atoms with Gasteiger partial charge in [-0.3, -0.25) is 0 Å². The highest BCUT2D eigenvalue weighted by Crippen LogP contribution is 2.43. The topological polar surface area (TPSA) is 34.3 Å². The summed E-state index contributed by atoms with van der Waals surface area (Å²) < 4.78 is 17.9. The van der Waals surface area contributed by atoms with Gasteiger partial charge < -0.3 is 14.2 Å². The van der Waals surface area contributed by atoms with Crippen molar-refractivity contribution in [3.8, 4) is 0 Å². The van der Waals surface area contributed by atoms with Crippen molar-refractivity contribution in [3.05, 3.63) is 25.3 Å². The number of hydrogen-bond donors (Lipinski definition) is 0. The molecule has 120 valence electrons. The Morgan fingerprint density at radius 3 is 1.57 bits per heavy atom. The lowest BCUT2D eigenvalue weighted by Crippen LogP contribution is -2.49. The van der Waals surface area contributed by atoms with Crippen molar-refractivity contribution < 1.29 is 14.2 Å². The Morgan fingerprint density at radius 2 is 1.33 bits per heavy atom. The molecule has 2 aliphatic rings. The second kappa shape index (κ2) is 7.08. The molecule has 0 aromatic rings. The summed E-state index contributed by atoms with van der Waals surface area (Å²) in [5.74, 6) is 0. The van der Waals surface area contributed by atoms with E-state index in [1.165, 1.54) is 0 Å². The maximum atomic E-state index is 6.69. The predicted molar refractivity (Wildman–Crippen MR) is 85.5 cm³/mol. The Hall–Kier alpha value is -0.640. The molecule has 2 rings (SSSR count). The van der Waals surface area contributed by atoms with Crippen LogP contribution in [0.25, 0.3) is 0 Å². The highest BCUT2D eigenvalue weighted by molar-refractivity contribution is 5.15. The smallest absolute Gasteiger partial charge is 0.116 e. The molecule has 0 bridgehead atoms. The van der Waals surface area contributed by atoms with Crippen LogP contribution in [0.3, 0.4) is 0 Å².